The van der Waals surface area contributed by atoms with Gasteiger partial charge in [0.25, 0.3) is 10.2 Å². The molecule has 0 bridgehead atoms. The Morgan fingerprint density at radius 1 is 1.60 bits per heavy atom. The summed E-state index contributed by atoms with van der Waals surface area (Å²) in [7, 11) is -3.53. The highest BCUT2D eigenvalue weighted by Crippen LogP contribution is 2.17. The van der Waals surface area contributed by atoms with Crippen molar-refractivity contribution in [3.8, 4) is 0 Å². The van der Waals surface area contributed by atoms with Crippen molar-refractivity contribution in [2.75, 3.05) is 19.6 Å². The van der Waals surface area contributed by atoms with Gasteiger partial charge < -0.3 is 5.73 Å². The van der Waals surface area contributed by atoms with Crippen molar-refractivity contribution in [3.05, 3.63) is 0 Å². The molecule has 0 radical (unpaired) electrons. The molecule has 0 spiro atoms. The van der Waals surface area contributed by atoms with E-state index in [1.165, 1.54) is 4.31 Å². The van der Waals surface area contributed by atoms with Crippen LogP contribution < -0.4 is 10.5 Å². The second-order valence-electron chi connectivity index (χ2n) is 3.90. The maximum absolute atomic E-state index is 11.6. The molecule has 88 valence electrons. The van der Waals surface area contributed by atoms with E-state index in [-0.39, 0.29) is 6.54 Å². The fourth-order valence-corrected chi connectivity index (χ4v) is 2.95. The lowest BCUT2D eigenvalue weighted by Gasteiger charge is -2.29. The maximum Gasteiger partial charge on any atom is 0.279 e. The summed E-state index contributed by atoms with van der Waals surface area (Å²) in [4.78, 5) is 10.5. The Labute approximate surface area is 90.0 Å². The van der Waals surface area contributed by atoms with Crippen LogP contribution in [-0.2, 0) is 15.0 Å². The van der Waals surface area contributed by atoms with Crippen molar-refractivity contribution < 1.29 is 13.2 Å². The van der Waals surface area contributed by atoms with Crippen LogP contribution in [0.4, 0.5) is 0 Å². The Kier molecular flexibility index (Phi) is 4.06. The van der Waals surface area contributed by atoms with E-state index in [2.05, 4.69) is 4.72 Å². The van der Waals surface area contributed by atoms with Gasteiger partial charge in [0.15, 0.2) is 0 Å². The fraction of sp³-hybridized carbons (Fsp3) is 0.875. The molecule has 1 unspecified atom stereocenters. The summed E-state index contributed by atoms with van der Waals surface area (Å²) in [6.45, 7) is 2.69. The maximum atomic E-state index is 11.6. The zero-order valence-corrected chi connectivity index (χ0v) is 9.59. The van der Waals surface area contributed by atoms with Crippen LogP contribution in [-0.4, -0.2) is 38.3 Å². The lowest BCUT2D eigenvalue weighted by atomic mass is 10.0. The van der Waals surface area contributed by atoms with Crippen molar-refractivity contribution in [2.24, 2.45) is 11.7 Å². The molecule has 1 amide bonds. The lowest BCUT2D eigenvalue weighted by molar-refractivity contribution is -0.116. The molecular weight excluding hydrogens is 218 g/mol. The first-order valence-corrected chi connectivity index (χ1v) is 6.39. The van der Waals surface area contributed by atoms with Crippen LogP contribution in [0.25, 0.3) is 0 Å². The minimum atomic E-state index is -3.53. The minimum absolute atomic E-state index is 0.340. The number of carbonyl (C=O) groups is 1. The Bertz CT molecular complexity index is 328. The number of hydrogen-bond donors (Lipinski definition) is 2. The third kappa shape index (κ3) is 3.77. The Hall–Kier alpha value is -0.660. The van der Waals surface area contributed by atoms with Crippen LogP contribution in [0.15, 0.2) is 0 Å². The average Bonchev–Trinajstić information content (AvgIpc) is 2.15. The highest BCUT2D eigenvalue weighted by molar-refractivity contribution is 7.87. The summed E-state index contributed by atoms with van der Waals surface area (Å²) in [5.74, 6) is -0.312. The summed E-state index contributed by atoms with van der Waals surface area (Å²) in [5.41, 5.74) is 4.87. The van der Waals surface area contributed by atoms with Gasteiger partial charge in [-0.2, -0.15) is 17.4 Å². The molecule has 6 nitrogen and oxygen atoms in total. The van der Waals surface area contributed by atoms with Gasteiger partial charge in [-0.15, -0.1) is 0 Å². The zero-order valence-electron chi connectivity index (χ0n) is 8.77. The van der Waals surface area contributed by atoms with Crippen molar-refractivity contribution in [1.29, 1.82) is 0 Å². The summed E-state index contributed by atoms with van der Waals surface area (Å²) in [6.07, 6.45) is 1.90. The smallest absolute Gasteiger partial charge is 0.279 e. The van der Waals surface area contributed by atoms with Crippen molar-refractivity contribution in [1.82, 2.24) is 9.03 Å². The van der Waals surface area contributed by atoms with Crippen LogP contribution in [0.5, 0.6) is 0 Å². The summed E-state index contributed by atoms with van der Waals surface area (Å²) in [6, 6.07) is 0. The van der Waals surface area contributed by atoms with E-state index in [0.29, 0.717) is 19.0 Å². The van der Waals surface area contributed by atoms with Gasteiger partial charge in [-0.1, -0.05) is 6.92 Å². The standard InChI is InChI=1S/C8H17N3O3S/c1-7-3-2-4-11(6-7)15(13,14)10-5-8(9)12/h7,10H,2-6H2,1H3,(H2,9,12). The first-order chi connectivity index (χ1) is 6.92. The highest BCUT2D eigenvalue weighted by Gasteiger charge is 2.26. The number of amides is 1. The lowest BCUT2D eigenvalue weighted by Crippen LogP contribution is -2.47. The summed E-state index contributed by atoms with van der Waals surface area (Å²) >= 11 is 0. The van der Waals surface area contributed by atoms with E-state index >= 15 is 0 Å². The Morgan fingerprint density at radius 2 is 2.27 bits per heavy atom. The van der Waals surface area contributed by atoms with Crippen molar-refractivity contribution >= 4 is 16.1 Å². The molecule has 15 heavy (non-hydrogen) atoms. The van der Waals surface area contributed by atoms with Crippen molar-refractivity contribution in [2.45, 2.75) is 19.8 Å². The van der Waals surface area contributed by atoms with Crippen molar-refractivity contribution in [3.63, 3.8) is 0 Å². The molecule has 0 aromatic rings. The molecule has 3 N–H and O–H groups in total. The van der Waals surface area contributed by atoms with E-state index in [4.69, 9.17) is 5.73 Å². The average molecular weight is 235 g/mol. The second-order valence-corrected chi connectivity index (χ2v) is 5.65. The number of primary amides is 1. The third-order valence-corrected chi connectivity index (χ3v) is 3.91. The second kappa shape index (κ2) is 4.91. The number of piperidine rings is 1. The van der Waals surface area contributed by atoms with Gasteiger partial charge in [0.05, 0.1) is 6.54 Å². The van der Waals surface area contributed by atoms with E-state index in [1.54, 1.807) is 0 Å². The minimum Gasteiger partial charge on any atom is -0.369 e. The Balaban J connectivity index is 2.56. The van der Waals surface area contributed by atoms with Crippen LogP contribution in [0.3, 0.4) is 0 Å². The topological polar surface area (TPSA) is 92.5 Å². The predicted molar refractivity (Wildman–Crippen MR) is 56.1 cm³/mol. The molecule has 1 aliphatic rings. The molecule has 0 saturated carbocycles. The van der Waals surface area contributed by atoms with E-state index in [9.17, 15) is 13.2 Å². The van der Waals surface area contributed by atoms with Gasteiger partial charge in [0.2, 0.25) is 5.91 Å². The number of carbonyl (C=O) groups excluding carboxylic acids is 1. The SMILES string of the molecule is CC1CCCN(S(=O)(=O)NCC(N)=O)C1. The summed E-state index contributed by atoms with van der Waals surface area (Å²) < 4.78 is 26.8. The number of rotatable bonds is 4. The number of nitrogens with zero attached hydrogens (tertiary/aromatic N) is 1. The molecular formula is C8H17N3O3S. The quantitative estimate of drug-likeness (QED) is 0.657. The number of nitrogens with one attached hydrogen (secondary N) is 1. The highest BCUT2D eigenvalue weighted by atomic mass is 32.2. The zero-order chi connectivity index (χ0) is 11.5. The third-order valence-electron chi connectivity index (χ3n) is 2.39. The number of hydrogen-bond acceptors (Lipinski definition) is 3. The first kappa shape index (κ1) is 12.4. The van der Waals surface area contributed by atoms with E-state index in [0.717, 1.165) is 12.8 Å². The molecule has 0 aliphatic carbocycles. The van der Waals surface area contributed by atoms with Gasteiger partial charge in [0, 0.05) is 13.1 Å². The molecule has 0 aromatic carbocycles. The van der Waals surface area contributed by atoms with E-state index in [1.807, 2.05) is 6.92 Å². The summed E-state index contributed by atoms with van der Waals surface area (Å²) in [5, 5.41) is 0. The molecule has 1 aliphatic heterocycles. The monoisotopic (exact) mass is 235 g/mol. The molecule has 1 rings (SSSR count). The number of nitrogens with two attached hydrogens (primary N) is 1. The normalized spacial score (nSPS) is 23.9. The van der Waals surface area contributed by atoms with Crippen LogP contribution >= 0.6 is 0 Å². The van der Waals surface area contributed by atoms with Crippen LogP contribution in [0, 0.1) is 5.92 Å². The van der Waals surface area contributed by atoms with E-state index < -0.39 is 16.1 Å². The predicted octanol–water partition coefficient (Wildman–Crippen LogP) is -0.962. The van der Waals surface area contributed by atoms with Crippen LogP contribution in [0.1, 0.15) is 19.8 Å². The van der Waals surface area contributed by atoms with Gasteiger partial charge in [-0.25, -0.2) is 0 Å². The Morgan fingerprint density at radius 3 is 2.80 bits per heavy atom. The molecule has 1 heterocycles. The first-order valence-electron chi connectivity index (χ1n) is 4.95. The van der Waals surface area contributed by atoms with Gasteiger partial charge >= 0.3 is 0 Å². The largest absolute Gasteiger partial charge is 0.369 e. The van der Waals surface area contributed by atoms with Gasteiger partial charge in [-0.3, -0.25) is 4.79 Å². The van der Waals surface area contributed by atoms with Gasteiger partial charge in [0.1, 0.15) is 0 Å². The fourth-order valence-electron chi connectivity index (χ4n) is 1.62. The molecule has 1 saturated heterocycles. The molecule has 0 aromatic heterocycles. The molecule has 1 atom stereocenters. The molecule has 7 heteroatoms. The molecule has 1 fully saturated rings. The van der Waals surface area contributed by atoms with Crippen LogP contribution in [0.2, 0.25) is 0 Å². The van der Waals surface area contributed by atoms with Gasteiger partial charge in [-0.05, 0) is 18.8 Å².